The van der Waals surface area contributed by atoms with E-state index in [0.29, 0.717) is 17.2 Å². The molecule has 3 aromatic rings. The minimum Gasteiger partial charge on any atom is -0.339 e. The molecular formula is C21H26N6O2. The standard InChI is InChI=1S/C21H26N6O2/c1-2-3-6-17-23-18(28-25-17)14-27-10-7-21(8-11-27)12-16(21)20-24-19(26-29-20)15-5-4-9-22-13-15/h4-5,9,13,16H,2-3,6-8,10-12,14H2,1H3/t16-/m0/s1. The van der Waals surface area contributed by atoms with Gasteiger partial charge in [-0.2, -0.15) is 9.97 Å². The lowest BCUT2D eigenvalue weighted by molar-refractivity contribution is 0.144. The van der Waals surface area contributed by atoms with E-state index < -0.39 is 0 Å². The summed E-state index contributed by atoms with van der Waals surface area (Å²) in [7, 11) is 0. The topological polar surface area (TPSA) is 94.0 Å². The van der Waals surface area contributed by atoms with E-state index in [1.54, 1.807) is 12.4 Å². The highest BCUT2D eigenvalue weighted by Crippen LogP contribution is 2.64. The lowest BCUT2D eigenvalue weighted by atomic mass is 9.91. The number of nitrogens with zero attached hydrogens (tertiary/aromatic N) is 6. The van der Waals surface area contributed by atoms with E-state index in [0.717, 1.165) is 81.3 Å². The van der Waals surface area contributed by atoms with Crippen LogP contribution in [-0.4, -0.2) is 43.3 Å². The maximum atomic E-state index is 5.59. The zero-order valence-electron chi connectivity index (χ0n) is 16.8. The molecule has 0 N–H and O–H groups in total. The Morgan fingerprint density at radius 3 is 2.86 bits per heavy atom. The second kappa shape index (κ2) is 7.67. The number of piperidine rings is 1. The van der Waals surface area contributed by atoms with Gasteiger partial charge in [-0.3, -0.25) is 9.88 Å². The van der Waals surface area contributed by atoms with E-state index in [1.807, 2.05) is 12.1 Å². The van der Waals surface area contributed by atoms with Crippen molar-refractivity contribution >= 4 is 0 Å². The van der Waals surface area contributed by atoms with Crippen molar-refractivity contribution in [3.63, 3.8) is 0 Å². The molecule has 1 aliphatic carbocycles. The van der Waals surface area contributed by atoms with Crippen molar-refractivity contribution < 1.29 is 9.05 Å². The quantitative estimate of drug-likeness (QED) is 0.600. The number of unbranched alkanes of at least 4 members (excludes halogenated alkanes) is 1. The molecule has 2 fully saturated rings. The summed E-state index contributed by atoms with van der Waals surface area (Å²) in [5.74, 6) is 3.35. The molecule has 1 saturated carbocycles. The van der Waals surface area contributed by atoms with Crippen LogP contribution >= 0.6 is 0 Å². The molecule has 29 heavy (non-hydrogen) atoms. The smallest absolute Gasteiger partial charge is 0.240 e. The molecule has 1 saturated heterocycles. The molecule has 8 heteroatoms. The minimum absolute atomic E-state index is 0.316. The van der Waals surface area contributed by atoms with Gasteiger partial charge in [0.25, 0.3) is 0 Å². The SMILES string of the molecule is CCCCc1noc(CN2CCC3(CC2)C[C@H]3c2nc(-c3cccnc3)no2)n1. The van der Waals surface area contributed by atoms with Crippen molar-refractivity contribution in [3.8, 4) is 11.4 Å². The monoisotopic (exact) mass is 394 g/mol. The van der Waals surface area contributed by atoms with Gasteiger partial charge in [-0.1, -0.05) is 23.7 Å². The average molecular weight is 394 g/mol. The maximum absolute atomic E-state index is 5.59. The first kappa shape index (κ1) is 18.4. The summed E-state index contributed by atoms with van der Waals surface area (Å²) in [4.78, 5) is 15.7. The van der Waals surface area contributed by atoms with Gasteiger partial charge in [0.05, 0.1) is 6.54 Å². The van der Waals surface area contributed by atoms with Crippen LogP contribution < -0.4 is 0 Å². The molecule has 0 unspecified atom stereocenters. The zero-order valence-corrected chi connectivity index (χ0v) is 16.8. The Morgan fingerprint density at radius 2 is 2.07 bits per heavy atom. The van der Waals surface area contributed by atoms with Crippen LogP contribution in [0, 0.1) is 5.41 Å². The lowest BCUT2D eigenvalue weighted by Crippen LogP contribution is -2.34. The van der Waals surface area contributed by atoms with Crippen molar-refractivity contribution in [2.24, 2.45) is 5.41 Å². The fourth-order valence-electron chi connectivity index (χ4n) is 4.38. The Balaban J connectivity index is 1.16. The van der Waals surface area contributed by atoms with Gasteiger partial charge in [-0.25, -0.2) is 0 Å². The Kier molecular flexibility index (Phi) is 4.87. The number of likely N-dealkylation sites (tertiary alicyclic amines) is 1. The summed E-state index contributed by atoms with van der Waals surface area (Å²) in [6.07, 6.45) is 10.1. The van der Waals surface area contributed by atoms with Crippen LogP contribution in [0.1, 0.15) is 62.6 Å². The van der Waals surface area contributed by atoms with Gasteiger partial charge in [0.15, 0.2) is 5.82 Å². The van der Waals surface area contributed by atoms with Crippen molar-refractivity contribution in [1.29, 1.82) is 0 Å². The molecular weight excluding hydrogens is 368 g/mol. The molecule has 152 valence electrons. The van der Waals surface area contributed by atoms with Crippen molar-refractivity contribution in [3.05, 3.63) is 42.1 Å². The Morgan fingerprint density at radius 1 is 1.17 bits per heavy atom. The Labute approximate surface area is 169 Å². The first-order valence-electron chi connectivity index (χ1n) is 10.5. The van der Waals surface area contributed by atoms with Crippen molar-refractivity contribution in [1.82, 2.24) is 30.2 Å². The summed E-state index contributed by atoms with van der Waals surface area (Å²) < 4.78 is 11.0. The van der Waals surface area contributed by atoms with Gasteiger partial charge in [0.2, 0.25) is 17.6 Å². The molecule has 5 rings (SSSR count). The molecule has 0 bridgehead atoms. The molecule has 0 amide bonds. The third-order valence-electron chi connectivity index (χ3n) is 6.32. The molecule has 0 aromatic carbocycles. The van der Waals surface area contributed by atoms with Gasteiger partial charge in [0.1, 0.15) is 0 Å². The number of pyridine rings is 1. The number of hydrogen-bond acceptors (Lipinski definition) is 8. The predicted molar refractivity (Wildman–Crippen MR) is 105 cm³/mol. The number of hydrogen-bond donors (Lipinski definition) is 0. The summed E-state index contributed by atoms with van der Waals surface area (Å²) in [6, 6.07) is 3.84. The molecule has 2 aliphatic rings. The Bertz CT molecular complexity index is 945. The third kappa shape index (κ3) is 3.81. The third-order valence-corrected chi connectivity index (χ3v) is 6.32. The van der Waals surface area contributed by atoms with Crippen LogP contribution in [0.5, 0.6) is 0 Å². The fourth-order valence-corrected chi connectivity index (χ4v) is 4.38. The minimum atomic E-state index is 0.316. The molecule has 1 aliphatic heterocycles. The highest BCUT2D eigenvalue weighted by molar-refractivity contribution is 5.52. The largest absolute Gasteiger partial charge is 0.339 e. The van der Waals surface area contributed by atoms with Crippen LogP contribution in [0.3, 0.4) is 0 Å². The van der Waals surface area contributed by atoms with E-state index in [1.165, 1.54) is 0 Å². The van der Waals surface area contributed by atoms with Crippen LogP contribution in [0.4, 0.5) is 0 Å². The molecule has 1 spiro atoms. The van der Waals surface area contributed by atoms with Crippen LogP contribution in [0.15, 0.2) is 33.6 Å². The second-order valence-corrected chi connectivity index (χ2v) is 8.30. The summed E-state index contributed by atoms with van der Waals surface area (Å²) in [5.41, 5.74) is 1.21. The fraction of sp³-hybridized carbons (Fsp3) is 0.571. The predicted octanol–water partition coefficient (Wildman–Crippen LogP) is 3.63. The first-order valence-corrected chi connectivity index (χ1v) is 10.5. The van der Waals surface area contributed by atoms with E-state index in [9.17, 15) is 0 Å². The summed E-state index contributed by atoms with van der Waals surface area (Å²) in [5, 5.41) is 8.25. The van der Waals surface area contributed by atoms with Gasteiger partial charge in [-0.05, 0) is 56.3 Å². The summed E-state index contributed by atoms with van der Waals surface area (Å²) in [6.45, 7) is 4.98. The average Bonchev–Trinajstić information content (AvgIpc) is 3.12. The molecule has 8 nitrogen and oxygen atoms in total. The van der Waals surface area contributed by atoms with Gasteiger partial charge in [-0.15, -0.1) is 0 Å². The second-order valence-electron chi connectivity index (χ2n) is 8.30. The van der Waals surface area contributed by atoms with Crippen LogP contribution in [0.2, 0.25) is 0 Å². The highest BCUT2D eigenvalue weighted by Gasteiger charge is 2.58. The number of rotatable bonds is 7. The Hall–Kier alpha value is -2.61. The first-order chi connectivity index (χ1) is 14.3. The van der Waals surface area contributed by atoms with E-state index in [4.69, 9.17) is 9.05 Å². The van der Waals surface area contributed by atoms with Crippen molar-refractivity contribution in [2.45, 2.75) is 57.9 Å². The van der Waals surface area contributed by atoms with Crippen LogP contribution in [0.25, 0.3) is 11.4 Å². The highest BCUT2D eigenvalue weighted by atomic mass is 16.5. The van der Waals surface area contributed by atoms with Gasteiger partial charge < -0.3 is 9.05 Å². The number of aryl methyl sites for hydroxylation is 1. The van der Waals surface area contributed by atoms with Gasteiger partial charge in [0, 0.05) is 30.3 Å². The number of aromatic nitrogens is 5. The summed E-state index contributed by atoms with van der Waals surface area (Å²) >= 11 is 0. The van der Waals surface area contributed by atoms with Crippen LogP contribution in [-0.2, 0) is 13.0 Å². The molecule has 4 heterocycles. The van der Waals surface area contributed by atoms with E-state index in [2.05, 4.69) is 37.1 Å². The molecule has 1 atom stereocenters. The van der Waals surface area contributed by atoms with Crippen molar-refractivity contribution in [2.75, 3.05) is 13.1 Å². The van der Waals surface area contributed by atoms with Gasteiger partial charge >= 0.3 is 0 Å². The van der Waals surface area contributed by atoms with E-state index in [-0.39, 0.29) is 0 Å². The lowest BCUT2D eigenvalue weighted by Gasteiger charge is -2.31. The molecule has 3 aromatic heterocycles. The molecule has 0 radical (unpaired) electrons. The van der Waals surface area contributed by atoms with E-state index >= 15 is 0 Å². The maximum Gasteiger partial charge on any atom is 0.240 e. The zero-order chi connectivity index (χ0) is 19.7. The normalized spacial score (nSPS) is 20.9.